The second-order valence-corrected chi connectivity index (χ2v) is 5.91. The molecule has 0 aliphatic carbocycles. The Labute approximate surface area is 129 Å². The molecule has 4 nitrogen and oxygen atoms in total. The standard InChI is InChI=1S/C18H19N3O/c1-11-9-15-14-10-13(22-2)3-4-16(14)21-18(15)17(20-11)12-5-7-19-8-6-12/h3-8,10-11,17,20-21H,9H2,1-2H3. The Hall–Kier alpha value is -2.33. The van der Waals surface area contributed by atoms with Crippen molar-refractivity contribution in [1.29, 1.82) is 0 Å². The monoisotopic (exact) mass is 293 g/mol. The third-order valence-corrected chi connectivity index (χ3v) is 4.44. The van der Waals surface area contributed by atoms with Gasteiger partial charge in [-0.05, 0) is 54.8 Å². The van der Waals surface area contributed by atoms with Gasteiger partial charge in [-0.25, -0.2) is 0 Å². The van der Waals surface area contributed by atoms with E-state index in [9.17, 15) is 0 Å². The summed E-state index contributed by atoms with van der Waals surface area (Å²) in [5, 5.41) is 4.95. The zero-order valence-electron chi connectivity index (χ0n) is 12.8. The highest BCUT2D eigenvalue weighted by Crippen LogP contribution is 2.36. The molecule has 0 saturated heterocycles. The van der Waals surface area contributed by atoms with Crippen LogP contribution in [0.3, 0.4) is 0 Å². The molecular formula is C18H19N3O. The van der Waals surface area contributed by atoms with Gasteiger partial charge in [0.25, 0.3) is 0 Å². The van der Waals surface area contributed by atoms with E-state index in [1.807, 2.05) is 18.5 Å². The molecule has 22 heavy (non-hydrogen) atoms. The molecule has 2 atom stereocenters. The summed E-state index contributed by atoms with van der Waals surface area (Å²) in [6.07, 6.45) is 4.72. The minimum atomic E-state index is 0.181. The fourth-order valence-corrected chi connectivity index (χ4v) is 3.39. The predicted octanol–water partition coefficient (Wildman–Crippen LogP) is 3.20. The Bertz CT molecular complexity index is 810. The summed E-state index contributed by atoms with van der Waals surface area (Å²) in [6.45, 7) is 2.23. The van der Waals surface area contributed by atoms with Gasteiger partial charge in [-0.2, -0.15) is 0 Å². The van der Waals surface area contributed by atoms with Crippen molar-refractivity contribution in [2.45, 2.75) is 25.4 Å². The van der Waals surface area contributed by atoms with E-state index in [1.165, 1.54) is 27.7 Å². The summed E-state index contributed by atoms with van der Waals surface area (Å²) in [7, 11) is 1.71. The topological polar surface area (TPSA) is 49.9 Å². The summed E-state index contributed by atoms with van der Waals surface area (Å²) in [5.74, 6) is 0.904. The van der Waals surface area contributed by atoms with E-state index in [4.69, 9.17) is 4.74 Å². The van der Waals surface area contributed by atoms with Crippen LogP contribution in [0.4, 0.5) is 0 Å². The second kappa shape index (κ2) is 5.14. The number of nitrogens with one attached hydrogen (secondary N) is 2. The molecule has 3 aromatic rings. The lowest BCUT2D eigenvalue weighted by molar-refractivity contribution is 0.415. The number of pyridine rings is 1. The van der Waals surface area contributed by atoms with Crippen molar-refractivity contribution in [1.82, 2.24) is 15.3 Å². The molecular weight excluding hydrogens is 274 g/mol. The third-order valence-electron chi connectivity index (χ3n) is 4.44. The van der Waals surface area contributed by atoms with Crippen molar-refractivity contribution in [2.24, 2.45) is 0 Å². The van der Waals surface area contributed by atoms with Gasteiger partial charge >= 0.3 is 0 Å². The van der Waals surface area contributed by atoms with E-state index in [2.05, 4.69) is 46.5 Å². The highest BCUT2D eigenvalue weighted by molar-refractivity contribution is 5.86. The average Bonchev–Trinajstić information content (AvgIpc) is 2.92. The van der Waals surface area contributed by atoms with Crippen LogP contribution in [0.15, 0.2) is 42.7 Å². The Morgan fingerprint density at radius 3 is 2.77 bits per heavy atom. The SMILES string of the molecule is COc1ccc2[nH]c3c(c2c1)CC(C)NC3c1ccncc1. The quantitative estimate of drug-likeness (QED) is 0.763. The number of rotatable bonds is 2. The average molecular weight is 293 g/mol. The zero-order valence-corrected chi connectivity index (χ0v) is 12.8. The van der Waals surface area contributed by atoms with Crippen molar-refractivity contribution in [3.63, 3.8) is 0 Å². The molecule has 0 radical (unpaired) electrons. The molecule has 2 aromatic heterocycles. The van der Waals surface area contributed by atoms with Gasteiger partial charge in [-0.1, -0.05) is 0 Å². The number of H-pyrrole nitrogens is 1. The predicted molar refractivity (Wildman–Crippen MR) is 87.2 cm³/mol. The lowest BCUT2D eigenvalue weighted by Crippen LogP contribution is -2.37. The van der Waals surface area contributed by atoms with Crippen molar-refractivity contribution >= 4 is 10.9 Å². The number of hydrogen-bond acceptors (Lipinski definition) is 3. The van der Waals surface area contributed by atoms with Crippen LogP contribution >= 0.6 is 0 Å². The summed E-state index contributed by atoms with van der Waals surface area (Å²) in [4.78, 5) is 7.72. The molecule has 0 spiro atoms. The van der Waals surface area contributed by atoms with Gasteiger partial charge in [0, 0.05) is 35.0 Å². The maximum atomic E-state index is 5.38. The Morgan fingerprint density at radius 2 is 2.00 bits per heavy atom. The van der Waals surface area contributed by atoms with E-state index in [1.54, 1.807) is 7.11 Å². The normalized spacial score (nSPS) is 20.8. The Morgan fingerprint density at radius 1 is 1.18 bits per heavy atom. The molecule has 2 N–H and O–H groups in total. The van der Waals surface area contributed by atoms with Gasteiger partial charge in [-0.15, -0.1) is 0 Å². The molecule has 0 fully saturated rings. The molecule has 0 amide bonds. The largest absolute Gasteiger partial charge is 0.497 e. The van der Waals surface area contributed by atoms with Crippen LogP contribution in [0.25, 0.3) is 10.9 Å². The molecule has 3 heterocycles. The minimum absolute atomic E-state index is 0.181. The molecule has 1 aliphatic heterocycles. The maximum Gasteiger partial charge on any atom is 0.119 e. The Balaban J connectivity index is 1.90. The molecule has 4 rings (SSSR count). The fourth-order valence-electron chi connectivity index (χ4n) is 3.39. The second-order valence-electron chi connectivity index (χ2n) is 5.91. The first-order valence-electron chi connectivity index (χ1n) is 7.60. The van der Waals surface area contributed by atoms with Crippen LogP contribution < -0.4 is 10.1 Å². The van der Waals surface area contributed by atoms with Crippen LogP contribution in [0.2, 0.25) is 0 Å². The van der Waals surface area contributed by atoms with Gasteiger partial charge < -0.3 is 15.0 Å². The zero-order chi connectivity index (χ0) is 15.1. The molecule has 1 aliphatic rings. The van der Waals surface area contributed by atoms with E-state index >= 15 is 0 Å². The fraction of sp³-hybridized carbons (Fsp3) is 0.278. The number of nitrogens with zero attached hydrogens (tertiary/aromatic N) is 1. The minimum Gasteiger partial charge on any atom is -0.497 e. The number of aromatic nitrogens is 2. The van der Waals surface area contributed by atoms with Crippen LogP contribution in [0.5, 0.6) is 5.75 Å². The van der Waals surface area contributed by atoms with E-state index in [0.717, 1.165) is 12.2 Å². The molecule has 4 heteroatoms. The van der Waals surface area contributed by atoms with Crippen molar-refractivity contribution in [2.75, 3.05) is 7.11 Å². The number of methoxy groups -OCH3 is 1. The number of fused-ring (bicyclic) bond motifs is 3. The van der Waals surface area contributed by atoms with E-state index in [-0.39, 0.29) is 6.04 Å². The van der Waals surface area contributed by atoms with Crippen LogP contribution in [-0.2, 0) is 6.42 Å². The number of aromatic amines is 1. The lowest BCUT2D eigenvalue weighted by atomic mass is 9.91. The first-order chi connectivity index (χ1) is 10.8. The van der Waals surface area contributed by atoms with Gasteiger partial charge in [0.05, 0.1) is 13.2 Å². The molecule has 112 valence electrons. The number of benzene rings is 1. The van der Waals surface area contributed by atoms with E-state index < -0.39 is 0 Å². The summed E-state index contributed by atoms with van der Waals surface area (Å²) >= 11 is 0. The smallest absolute Gasteiger partial charge is 0.119 e. The molecule has 1 aromatic carbocycles. The van der Waals surface area contributed by atoms with Crippen LogP contribution in [-0.4, -0.2) is 23.1 Å². The third kappa shape index (κ3) is 2.07. The molecule has 0 saturated carbocycles. The summed E-state index contributed by atoms with van der Waals surface area (Å²) in [6, 6.07) is 11.0. The number of ether oxygens (including phenoxy) is 1. The van der Waals surface area contributed by atoms with Gasteiger partial charge in [0.1, 0.15) is 5.75 Å². The number of hydrogen-bond donors (Lipinski definition) is 2. The first-order valence-corrected chi connectivity index (χ1v) is 7.60. The lowest BCUT2D eigenvalue weighted by Gasteiger charge is -2.29. The van der Waals surface area contributed by atoms with Gasteiger partial charge in [0.2, 0.25) is 0 Å². The first kappa shape index (κ1) is 13.3. The maximum absolute atomic E-state index is 5.38. The Kier molecular flexibility index (Phi) is 3.12. The summed E-state index contributed by atoms with van der Waals surface area (Å²) in [5.41, 5.74) is 5.05. The van der Waals surface area contributed by atoms with Crippen molar-refractivity contribution in [3.8, 4) is 5.75 Å². The van der Waals surface area contributed by atoms with Crippen molar-refractivity contribution in [3.05, 3.63) is 59.5 Å². The van der Waals surface area contributed by atoms with Crippen LogP contribution in [0.1, 0.15) is 29.8 Å². The van der Waals surface area contributed by atoms with Gasteiger partial charge in [-0.3, -0.25) is 4.98 Å². The van der Waals surface area contributed by atoms with Gasteiger partial charge in [0.15, 0.2) is 0 Å². The van der Waals surface area contributed by atoms with Crippen LogP contribution in [0, 0.1) is 0 Å². The summed E-state index contributed by atoms with van der Waals surface area (Å²) < 4.78 is 5.38. The molecule has 2 unspecified atom stereocenters. The van der Waals surface area contributed by atoms with Crippen molar-refractivity contribution < 1.29 is 4.74 Å². The van der Waals surface area contributed by atoms with E-state index in [0.29, 0.717) is 6.04 Å². The highest BCUT2D eigenvalue weighted by atomic mass is 16.5. The molecule has 0 bridgehead atoms. The highest BCUT2D eigenvalue weighted by Gasteiger charge is 2.28.